The molecular weight excluding hydrogens is 312 g/mol. The molecule has 0 bridgehead atoms. The van der Waals surface area contributed by atoms with Crippen molar-refractivity contribution in [2.75, 3.05) is 19.6 Å². The fourth-order valence-corrected chi connectivity index (χ4v) is 2.46. The first-order valence-electron chi connectivity index (χ1n) is 7.55. The van der Waals surface area contributed by atoms with Gasteiger partial charge in [-0.2, -0.15) is 5.10 Å². The highest BCUT2D eigenvalue weighted by molar-refractivity contribution is 5.85. The number of hydrogen-bond acceptors (Lipinski definition) is 3. The number of para-hydroxylation sites is 1. The van der Waals surface area contributed by atoms with Crippen LogP contribution in [0.15, 0.2) is 54.4 Å². The molecule has 2 N–H and O–H groups in total. The first-order valence-corrected chi connectivity index (χ1v) is 7.55. The zero-order chi connectivity index (χ0) is 15.2. The molecule has 6 heteroatoms. The molecule has 0 spiro atoms. The number of halogens is 1. The van der Waals surface area contributed by atoms with Gasteiger partial charge < -0.3 is 10.6 Å². The van der Waals surface area contributed by atoms with E-state index in [4.69, 9.17) is 0 Å². The van der Waals surface area contributed by atoms with Gasteiger partial charge in [0.15, 0.2) is 0 Å². The first kappa shape index (κ1) is 17.2. The maximum atomic E-state index is 12.0. The quantitative estimate of drug-likeness (QED) is 0.822. The van der Waals surface area contributed by atoms with Crippen LogP contribution >= 0.6 is 12.4 Å². The summed E-state index contributed by atoms with van der Waals surface area (Å²) in [6.07, 6.45) is 7.16. The summed E-state index contributed by atoms with van der Waals surface area (Å²) in [7, 11) is 0. The van der Waals surface area contributed by atoms with Crippen molar-refractivity contribution in [2.24, 2.45) is 0 Å². The number of aromatic nitrogens is 2. The number of rotatable bonds is 5. The summed E-state index contributed by atoms with van der Waals surface area (Å²) in [5, 5.41) is 10.5. The van der Waals surface area contributed by atoms with Crippen molar-refractivity contribution in [1.82, 2.24) is 20.4 Å². The van der Waals surface area contributed by atoms with Crippen molar-refractivity contribution in [3.63, 3.8) is 0 Å². The Bertz CT molecular complexity index is 666. The van der Waals surface area contributed by atoms with E-state index in [1.807, 2.05) is 36.5 Å². The Morgan fingerprint density at radius 3 is 2.87 bits per heavy atom. The van der Waals surface area contributed by atoms with E-state index in [9.17, 15) is 4.79 Å². The second-order valence-electron chi connectivity index (χ2n) is 5.40. The molecule has 3 rings (SSSR count). The van der Waals surface area contributed by atoms with E-state index in [0.717, 1.165) is 30.8 Å². The van der Waals surface area contributed by atoms with Crippen LogP contribution in [-0.2, 0) is 11.2 Å². The van der Waals surface area contributed by atoms with E-state index in [1.165, 1.54) is 5.57 Å². The molecule has 2 heterocycles. The van der Waals surface area contributed by atoms with Gasteiger partial charge >= 0.3 is 0 Å². The zero-order valence-electron chi connectivity index (χ0n) is 12.9. The van der Waals surface area contributed by atoms with E-state index >= 15 is 0 Å². The number of carbonyl (C=O) groups excluding carboxylic acids is 1. The molecular formula is C17H21ClN4O. The lowest BCUT2D eigenvalue weighted by molar-refractivity contribution is -0.120. The molecule has 0 saturated carbocycles. The summed E-state index contributed by atoms with van der Waals surface area (Å²) < 4.78 is 1.79. The average molecular weight is 333 g/mol. The van der Waals surface area contributed by atoms with E-state index in [0.29, 0.717) is 13.0 Å². The van der Waals surface area contributed by atoms with Gasteiger partial charge in [0, 0.05) is 19.3 Å². The molecule has 23 heavy (non-hydrogen) atoms. The third-order valence-corrected chi connectivity index (χ3v) is 3.69. The molecule has 5 nitrogen and oxygen atoms in total. The number of nitrogens with zero attached hydrogens (tertiary/aromatic N) is 2. The van der Waals surface area contributed by atoms with Crippen molar-refractivity contribution in [2.45, 2.75) is 12.8 Å². The number of nitrogens with one attached hydrogen (secondary N) is 2. The fourth-order valence-electron chi connectivity index (χ4n) is 2.46. The normalized spacial score (nSPS) is 13.8. The summed E-state index contributed by atoms with van der Waals surface area (Å²) in [5.41, 5.74) is 3.21. The Kier molecular flexibility index (Phi) is 6.38. The molecule has 0 unspecified atom stereocenters. The first-order chi connectivity index (χ1) is 10.8. The van der Waals surface area contributed by atoms with Gasteiger partial charge in [0.25, 0.3) is 0 Å². The maximum absolute atomic E-state index is 12.0. The molecule has 0 radical (unpaired) electrons. The third-order valence-electron chi connectivity index (χ3n) is 3.69. The predicted octanol–water partition coefficient (Wildman–Crippen LogP) is 1.87. The van der Waals surface area contributed by atoms with Crippen molar-refractivity contribution in [1.29, 1.82) is 0 Å². The van der Waals surface area contributed by atoms with E-state index in [1.54, 1.807) is 10.9 Å². The van der Waals surface area contributed by atoms with E-state index in [-0.39, 0.29) is 18.3 Å². The molecule has 0 fully saturated rings. The summed E-state index contributed by atoms with van der Waals surface area (Å²) in [6, 6.07) is 9.88. The van der Waals surface area contributed by atoms with Crippen LogP contribution in [0, 0.1) is 0 Å². The van der Waals surface area contributed by atoms with E-state index in [2.05, 4.69) is 21.8 Å². The lowest BCUT2D eigenvalue weighted by Gasteiger charge is -2.14. The third kappa shape index (κ3) is 4.94. The highest BCUT2D eigenvalue weighted by atomic mass is 35.5. The highest BCUT2D eigenvalue weighted by Gasteiger charge is 2.08. The minimum atomic E-state index is 0. The Morgan fingerprint density at radius 2 is 2.13 bits per heavy atom. The van der Waals surface area contributed by atoms with Crippen LogP contribution in [0.5, 0.6) is 0 Å². The molecule has 2 aromatic rings. The summed E-state index contributed by atoms with van der Waals surface area (Å²) >= 11 is 0. The van der Waals surface area contributed by atoms with E-state index < -0.39 is 0 Å². The van der Waals surface area contributed by atoms with Gasteiger partial charge in [0.05, 0.1) is 18.3 Å². The van der Waals surface area contributed by atoms with Crippen LogP contribution < -0.4 is 10.6 Å². The summed E-state index contributed by atoms with van der Waals surface area (Å²) in [4.78, 5) is 12.0. The highest BCUT2D eigenvalue weighted by Crippen LogP contribution is 2.08. The molecule has 1 aliphatic heterocycles. The largest absolute Gasteiger partial charge is 0.352 e. The Hall–Kier alpha value is -2.11. The second kappa shape index (κ2) is 8.50. The Labute approximate surface area is 142 Å². The van der Waals surface area contributed by atoms with Crippen molar-refractivity contribution in [3.05, 3.63) is 59.9 Å². The fraction of sp³-hybridized carbons (Fsp3) is 0.294. The molecule has 1 amide bonds. The predicted molar refractivity (Wildman–Crippen MR) is 93.1 cm³/mol. The Balaban J connectivity index is 0.00000192. The molecule has 1 aliphatic rings. The maximum Gasteiger partial charge on any atom is 0.224 e. The van der Waals surface area contributed by atoms with Crippen LogP contribution in [0.2, 0.25) is 0 Å². The van der Waals surface area contributed by atoms with Gasteiger partial charge in [-0.25, -0.2) is 4.68 Å². The lowest BCUT2D eigenvalue weighted by atomic mass is 10.1. The smallest absolute Gasteiger partial charge is 0.224 e. The standard InChI is InChI=1S/C17H20N4O.ClH/c22-17(19-11-14-6-8-18-9-7-14)10-15-12-20-21(13-15)16-4-2-1-3-5-16;/h1-6,12-13,18H,7-11H2,(H,19,22);1H. The van der Waals surface area contributed by atoms with Gasteiger partial charge in [0.2, 0.25) is 5.91 Å². The van der Waals surface area contributed by atoms with Crippen LogP contribution in [0.4, 0.5) is 0 Å². The van der Waals surface area contributed by atoms with Crippen LogP contribution in [-0.4, -0.2) is 35.3 Å². The second-order valence-corrected chi connectivity index (χ2v) is 5.40. The number of carbonyl (C=O) groups is 1. The van der Waals surface area contributed by atoms with Crippen LogP contribution in [0.1, 0.15) is 12.0 Å². The Morgan fingerprint density at radius 1 is 1.30 bits per heavy atom. The van der Waals surface area contributed by atoms with Gasteiger partial charge in [-0.1, -0.05) is 29.8 Å². The van der Waals surface area contributed by atoms with Gasteiger partial charge in [-0.3, -0.25) is 4.79 Å². The topological polar surface area (TPSA) is 59.0 Å². The molecule has 0 atom stereocenters. The molecule has 0 saturated heterocycles. The molecule has 1 aromatic carbocycles. The van der Waals surface area contributed by atoms with Crippen molar-refractivity contribution < 1.29 is 4.79 Å². The molecule has 1 aromatic heterocycles. The van der Waals surface area contributed by atoms with Crippen molar-refractivity contribution in [3.8, 4) is 5.69 Å². The minimum Gasteiger partial charge on any atom is -0.352 e. The average Bonchev–Trinajstić information content (AvgIpc) is 3.03. The lowest BCUT2D eigenvalue weighted by Crippen LogP contribution is -2.30. The number of amides is 1. The van der Waals surface area contributed by atoms with Gasteiger partial charge in [-0.15, -0.1) is 12.4 Å². The van der Waals surface area contributed by atoms with Gasteiger partial charge in [-0.05, 0) is 30.7 Å². The number of benzene rings is 1. The van der Waals surface area contributed by atoms with Crippen LogP contribution in [0.25, 0.3) is 5.69 Å². The summed E-state index contributed by atoms with van der Waals surface area (Å²) in [5.74, 6) is 0.0343. The minimum absolute atomic E-state index is 0. The monoisotopic (exact) mass is 332 g/mol. The zero-order valence-corrected chi connectivity index (χ0v) is 13.7. The SMILES string of the molecule is Cl.O=C(Cc1cnn(-c2ccccc2)c1)NCC1=CCNCC1. The van der Waals surface area contributed by atoms with Crippen LogP contribution in [0.3, 0.4) is 0 Å². The summed E-state index contributed by atoms with van der Waals surface area (Å²) in [6.45, 7) is 2.54. The molecule has 122 valence electrons. The number of hydrogen-bond donors (Lipinski definition) is 2. The van der Waals surface area contributed by atoms with Gasteiger partial charge in [0.1, 0.15) is 0 Å². The van der Waals surface area contributed by atoms with Crippen molar-refractivity contribution >= 4 is 18.3 Å². The molecule has 0 aliphatic carbocycles.